The van der Waals surface area contributed by atoms with Crippen molar-refractivity contribution in [3.63, 3.8) is 0 Å². The third-order valence-corrected chi connectivity index (χ3v) is 3.01. The van der Waals surface area contributed by atoms with Gasteiger partial charge < -0.3 is 4.90 Å². The Hall–Kier alpha value is -1.31. The van der Waals surface area contributed by atoms with Crippen molar-refractivity contribution in [3.05, 3.63) is 34.4 Å². The number of amides is 1. The van der Waals surface area contributed by atoms with Gasteiger partial charge in [-0.1, -0.05) is 12.1 Å². The third-order valence-electron chi connectivity index (χ3n) is 3.01. The second-order valence-corrected chi connectivity index (χ2v) is 4.03. The van der Waals surface area contributed by atoms with Crippen LogP contribution < -0.4 is 0 Å². The highest BCUT2D eigenvalue weighted by molar-refractivity contribution is 5.50. The molecule has 1 aromatic rings. The van der Waals surface area contributed by atoms with Crippen LogP contribution >= 0.6 is 0 Å². The molecule has 0 unspecified atom stereocenters. The van der Waals surface area contributed by atoms with Gasteiger partial charge in [0.15, 0.2) is 0 Å². The largest absolute Gasteiger partial charge is 0.341 e. The Morgan fingerprint density at radius 2 is 1.86 bits per heavy atom. The molecular weight excluding hydrogens is 174 g/mol. The number of carbonyl (C=O) groups is 1. The minimum Gasteiger partial charge on any atom is -0.341 e. The van der Waals surface area contributed by atoms with Gasteiger partial charge in [-0.05, 0) is 42.5 Å². The van der Waals surface area contributed by atoms with E-state index >= 15 is 0 Å². The van der Waals surface area contributed by atoms with Crippen molar-refractivity contribution in [3.8, 4) is 0 Å². The zero-order chi connectivity index (χ0) is 10.1. The SMILES string of the molecule is Cc1cc2c(cc1C)CN(C=O)CC2. The van der Waals surface area contributed by atoms with Crippen LogP contribution in [-0.2, 0) is 17.8 Å². The Kier molecular flexibility index (Phi) is 2.28. The van der Waals surface area contributed by atoms with E-state index in [0.717, 1.165) is 25.9 Å². The fraction of sp³-hybridized carbons (Fsp3) is 0.417. The molecular formula is C12H15NO. The number of aryl methyl sites for hydroxylation is 2. The van der Waals surface area contributed by atoms with Gasteiger partial charge in [-0.2, -0.15) is 0 Å². The zero-order valence-electron chi connectivity index (χ0n) is 8.71. The predicted octanol–water partition coefficient (Wildman–Crippen LogP) is 1.82. The maximum absolute atomic E-state index is 10.6. The van der Waals surface area contributed by atoms with Crippen LogP contribution in [0.5, 0.6) is 0 Å². The number of carbonyl (C=O) groups excluding carboxylic acids is 1. The van der Waals surface area contributed by atoms with Crippen LogP contribution in [0, 0.1) is 13.8 Å². The molecule has 1 amide bonds. The lowest BCUT2D eigenvalue weighted by Crippen LogP contribution is -2.29. The highest BCUT2D eigenvalue weighted by atomic mass is 16.1. The second-order valence-electron chi connectivity index (χ2n) is 4.03. The summed E-state index contributed by atoms with van der Waals surface area (Å²) < 4.78 is 0. The summed E-state index contributed by atoms with van der Waals surface area (Å²) in [6.07, 6.45) is 1.94. The molecule has 1 heterocycles. The molecule has 0 saturated carbocycles. The van der Waals surface area contributed by atoms with Gasteiger partial charge in [0, 0.05) is 13.1 Å². The number of rotatable bonds is 1. The van der Waals surface area contributed by atoms with E-state index < -0.39 is 0 Å². The normalized spacial score (nSPS) is 15.1. The van der Waals surface area contributed by atoms with Crippen molar-refractivity contribution in [2.24, 2.45) is 0 Å². The Morgan fingerprint density at radius 3 is 2.50 bits per heavy atom. The standard InChI is InChI=1S/C12H15NO/c1-9-5-11-3-4-13(8-14)7-12(11)6-10(9)2/h5-6,8H,3-4,7H2,1-2H3. The molecule has 0 aliphatic carbocycles. The van der Waals surface area contributed by atoms with Crippen LogP contribution in [0.2, 0.25) is 0 Å². The maximum Gasteiger partial charge on any atom is 0.210 e. The Balaban J connectivity index is 2.38. The lowest BCUT2D eigenvalue weighted by Gasteiger charge is -2.26. The van der Waals surface area contributed by atoms with E-state index in [0.29, 0.717) is 0 Å². The molecule has 2 heteroatoms. The number of hydrogen-bond donors (Lipinski definition) is 0. The Labute approximate surface area is 84.5 Å². The molecule has 74 valence electrons. The average Bonchev–Trinajstić information content (AvgIpc) is 2.19. The quantitative estimate of drug-likeness (QED) is 0.617. The average molecular weight is 189 g/mol. The van der Waals surface area contributed by atoms with Gasteiger partial charge in [-0.25, -0.2) is 0 Å². The molecule has 0 bridgehead atoms. The zero-order valence-corrected chi connectivity index (χ0v) is 8.71. The first-order valence-corrected chi connectivity index (χ1v) is 4.99. The molecule has 0 fully saturated rings. The van der Waals surface area contributed by atoms with Crippen LogP contribution in [0.4, 0.5) is 0 Å². The summed E-state index contributed by atoms with van der Waals surface area (Å²) in [6, 6.07) is 4.47. The van der Waals surface area contributed by atoms with Gasteiger partial charge >= 0.3 is 0 Å². The molecule has 14 heavy (non-hydrogen) atoms. The number of fused-ring (bicyclic) bond motifs is 1. The van der Waals surface area contributed by atoms with Gasteiger partial charge in [-0.3, -0.25) is 4.79 Å². The summed E-state index contributed by atoms with van der Waals surface area (Å²) in [5.41, 5.74) is 5.39. The van der Waals surface area contributed by atoms with Crippen molar-refractivity contribution in [1.29, 1.82) is 0 Å². The summed E-state index contributed by atoms with van der Waals surface area (Å²) >= 11 is 0. The first-order valence-electron chi connectivity index (χ1n) is 4.99. The minimum absolute atomic E-state index is 0.778. The monoisotopic (exact) mass is 189 g/mol. The molecule has 0 saturated heterocycles. The number of hydrogen-bond acceptors (Lipinski definition) is 1. The summed E-state index contributed by atoms with van der Waals surface area (Å²) in [5.74, 6) is 0. The van der Waals surface area contributed by atoms with Crippen molar-refractivity contribution in [2.45, 2.75) is 26.8 Å². The number of benzene rings is 1. The van der Waals surface area contributed by atoms with E-state index in [1.165, 1.54) is 22.3 Å². The van der Waals surface area contributed by atoms with Crippen LogP contribution in [-0.4, -0.2) is 17.9 Å². The van der Waals surface area contributed by atoms with Gasteiger partial charge in [0.2, 0.25) is 6.41 Å². The van der Waals surface area contributed by atoms with Crippen LogP contribution in [0.1, 0.15) is 22.3 Å². The lowest BCUT2D eigenvalue weighted by molar-refractivity contribution is -0.118. The highest BCUT2D eigenvalue weighted by Crippen LogP contribution is 2.21. The first kappa shape index (κ1) is 9.25. The Morgan fingerprint density at radius 1 is 1.21 bits per heavy atom. The van der Waals surface area contributed by atoms with Crippen molar-refractivity contribution in [2.75, 3.05) is 6.54 Å². The molecule has 1 aliphatic rings. The first-order chi connectivity index (χ1) is 6.70. The van der Waals surface area contributed by atoms with Gasteiger partial charge in [0.05, 0.1) is 0 Å². The highest BCUT2D eigenvalue weighted by Gasteiger charge is 2.15. The lowest BCUT2D eigenvalue weighted by atomic mass is 9.95. The summed E-state index contributed by atoms with van der Waals surface area (Å²) in [4.78, 5) is 12.5. The van der Waals surface area contributed by atoms with Crippen molar-refractivity contribution >= 4 is 6.41 Å². The van der Waals surface area contributed by atoms with Gasteiger partial charge in [0.1, 0.15) is 0 Å². The van der Waals surface area contributed by atoms with Gasteiger partial charge in [-0.15, -0.1) is 0 Å². The maximum atomic E-state index is 10.6. The predicted molar refractivity (Wildman–Crippen MR) is 56.1 cm³/mol. The molecule has 0 spiro atoms. The van der Waals surface area contributed by atoms with E-state index in [1.807, 2.05) is 4.90 Å². The molecule has 1 aliphatic heterocycles. The molecule has 0 aromatic heterocycles. The second kappa shape index (κ2) is 3.45. The smallest absolute Gasteiger partial charge is 0.210 e. The molecule has 0 radical (unpaired) electrons. The summed E-state index contributed by atoms with van der Waals surface area (Å²) in [5, 5.41) is 0. The van der Waals surface area contributed by atoms with Crippen molar-refractivity contribution < 1.29 is 4.79 Å². The van der Waals surface area contributed by atoms with E-state index in [4.69, 9.17) is 0 Å². The molecule has 1 aromatic carbocycles. The number of nitrogens with zero attached hydrogens (tertiary/aromatic N) is 1. The van der Waals surface area contributed by atoms with Gasteiger partial charge in [0.25, 0.3) is 0 Å². The van der Waals surface area contributed by atoms with E-state index in [1.54, 1.807) is 0 Å². The van der Waals surface area contributed by atoms with Crippen LogP contribution in [0.15, 0.2) is 12.1 Å². The van der Waals surface area contributed by atoms with Crippen molar-refractivity contribution in [1.82, 2.24) is 4.90 Å². The Bertz CT molecular complexity index is 371. The third kappa shape index (κ3) is 1.52. The molecule has 0 N–H and O–H groups in total. The molecule has 2 nitrogen and oxygen atoms in total. The summed E-state index contributed by atoms with van der Waals surface area (Å²) in [6.45, 7) is 5.90. The molecule has 0 atom stereocenters. The topological polar surface area (TPSA) is 20.3 Å². The van der Waals surface area contributed by atoms with Crippen LogP contribution in [0.3, 0.4) is 0 Å². The van der Waals surface area contributed by atoms with E-state index in [2.05, 4.69) is 26.0 Å². The molecule has 2 rings (SSSR count). The summed E-state index contributed by atoms with van der Waals surface area (Å²) in [7, 11) is 0. The van der Waals surface area contributed by atoms with Crippen LogP contribution in [0.25, 0.3) is 0 Å². The van der Waals surface area contributed by atoms with E-state index in [-0.39, 0.29) is 0 Å². The minimum atomic E-state index is 0.778. The van der Waals surface area contributed by atoms with E-state index in [9.17, 15) is 4.79 Å². The fourth-order valence-corrected chi connectivity index (χ4v) is 1.97. The fourth-order valence-electron chi connectivity index (χ4n) is 1.97.